The molecule has 2 rings (SSSR count). The average Bonchev–Trinajstić information content (AvgIpc) is 2.98. The van der Waals surface area contributed by atoms with Crippen molar-refractivity contribution < 1.29 is 0 Å². The van der Waals surface area contributed by atoms with E-state index in [4.69, 9.17) is 0 Å². The molecule has 0 spiro atoms. The Hall–Kier alpha value is -1.04. The Kier molecular flexibility index (Phi) is 2.46. The fourth-order valence-corrected chi connectivity index (χ4v) is 2.10. The molecule has 1 saturated carbocycles. The van der Waals surface area contributed by atoms with Gasteiger partial charge in [-0.2, -0.15) is 0 Å². The van der Waals surface area contributed by atoms with Crippen LogP contribution in [0.1, 0.15) is 56.2 Å². The van der Waals surface area contributed by atoms with E-state index in [9.17, 15) is 0 Å². The molecule has 1 fully saturated rings. The largest absolute Gasteiger partial charge is 0.0985 e. The molecule has 0 nitrogen and oxygen atoms in total. The average molecular weight is 200 g/mol. The van der Waals surface area contributed by atoms with E-state index in [1.807, 2.05) is 6.08 Å². The van der Waals surface area contributed by atoms with Gasteiger partial charge < -0.3 is 0 Å². The summed E-state index contributed by atoms with van der Waals surface area (Å²) < 4.78 is 0. The predicted octanol–water partition coefficient (Wildman–Crippen LogP) is 4.50. The van der Waals surface area contributed by atoms with Gasteiger partial charge in [-0.25, -0.2) is 0 Å². The fourth-order valence-electron chi connectivity index (χ4n) is 2.10. The van der Waals surface area contributed by atoms with Gasteiger partial charge in [-0.15, -0.1) is 0 Å². The second-order valence-corrected chi connectivity index (χ2v) is 5.58. The summed E-state index contributed by atoms with van der Waals surface area (Å²) in [5, 5.41) is 0. The Labute approximate surface area is 93.0 Å². The Morgan fingerprint density at radius 2 is 1.93 bits per heavy atom. The highest BCUT2D eigenvalue weighted by atomic mass is 14.3. The van der Waals surface area contributed by atoms with Crippen molar-refractivity contribution in [1.82, 2.24) is 0 Å². The molecule has 0 saturated heterocycles. The standard InChI is InChI=1S/C15H20/c1-5-11-10-13(12-6-7-12)8-9-14(11)15(2,3)4/h5,8-10,12H,1,6-7H2,2-4H3. The topological polar surface area (TPSA) is 0 Å². The number of hydrogen-bond donors (Lipinski definition) is 0. The first kappa shape index (κ1) is 10.5. The molecule has 15 heavy (non-hydrogen) atoms. The van der Waals surface area contributed by atoms with Crippen molar-refractivity contribution in [3.8, 4) is 0 Å². The lowest BCUT2D eigenvalue weighted by Gasteiger charge is -2.22. The molecule has 0 aliphatic heterocycles. The molecule has 1 aromatic carbocycles. The Morgan fingerprint density at radius 1 is 1.27 bits per heavy atom. The third kappa shape index (κ3) is 2.14. The first-order chi connectivity index (χ1) is 7.02. The van der Waals surface area contributed by atoms with Crippen LogP contribution in [0.4, 0.5) is 0 Å². The molecule has 1 aromatic rings. The first-order valence-electron chi connectivity index (χ1n) is 5.79. The maximum absolute atomic E-state index is 3.93. The minimum Gasteiger partial charge on any atom is -0.0985 e. The van der Waals surface area contributed by atoms with E-state index in [0.717, 1.165) is 5.92 Å². The summed E-state index contributed by atoms with van der Waals surface area (Å²) in [4.78, 5) is 0. The van der Waals surface area contributed by atoms with Crippen molar-refractivity contribution in [1.29, 1.82) is 0 Å². The van der Waals surface area contributed by atoms with E-state index in [0.29, 0.717) is 0 Å². The van der Waals surface area contributed by atoms with Gasteiger partial charge in [0.15, 0.2) is 0 Å². The maximum atomic E-state index is 3.93. The zero-order valence-electron chi connectivity index (χ0n) is 10.0. The van der Waals surface area contributed by atoms with Crippen LogP contribution in [0.25, 0.3) is 6.08 Å². The van der Waals surface area contributed by atoms with Gasteiger partial charge in [0.05, 0.1) is 0 Å². The highest BCUT2D eigenvalue weighted by Gasteiger charge is 2.25. The van der Waals surface area contributed by atoms with Gasteiger partial charge in [0, 0.05) is 0 Å². The summed E-state index contributed by atoms with van der Waals surface area (Å²) in [6.07, 6.45) is 4.73. The molecule has 0 radical (unpaired) electrons. The Morgan fingerprint density at radius 3 is 2.40 bits per heavy atom. The van der Waals surface area contributed by atoms with Gasteiger partial charge in [0.1, 0.15) is 0 Å². The highest BCUT2D eigenvalue weighted by Crippen LogP contribution is 2.41. The molecule has 1 aliphatic rings. The van der Waals surface area contributed by atoms with Crippen molar-refractivity contribution in [3.63, 3.8) is 0 Å². The van der Waals surface area contributed by atoms with Gasteiger partial charge >= 0.3 is 0 Å². The van der Waals surface area contributed by atoms with Gasteiger partial charge in [-0.1, -0.05) is 51.6 Å². The summed E-state index contributed by atoms with van der Waals surface area (Å²) in [6.45, 7) is 10.7. The van der Waals surface area contributed by atoms with Crippen molar-refractivity contribution >= 4 is 6.08 Å². The second-order valence-electron chi connectivity index (χ2n) is 5.58. The fraction of sp³-hybridized carbons (Fsp3) is 0.467. The summed E-state index contributed by atoms with van der Waals surface area (Å²) in [7, 11) is 0. The smallest absolute Gasteiger partial charge is 0.0126 e. The molecule has 0 N–H and O–H groups in total. The number of benzene rings is 1. The lowest BCUT2D eigenvalue weighted by molar-refractivity contribution is 0.589. The van der Waals surface area contributed by atoms with E-state index in [2.05, 4.69) is 45.5 Å². The van der Waals surface area contributed by atoms with Crippen LogP contribution in [0.2, 0.25) is 0 Å². The van der Waals surface area contributed by atoms with E-state index >= 15 is 0 Å². The van der Waals surface area contributed by atoms with Crippen LogP contribution in [0.15, 0.2) is 24.8 Å². The summed E-state index contributed by atoms with van der Waals surface area (Å²) in [6, 6.07) is 6.90. The first-order valence-corrected chi connectivity index (χ1v) is 5.79. The van der Waals surface area contributed by atoms with E-state index in [-0.39, 0.29) is 5.41 Å². The predicted molar refractivity (Wildman–Crippen MR) is 67.2 cm³/mol. The molecule has 0 atom stereocenters. The molecule has 0 unspecified atom stereocenters. The second kappa shape index (κ2) is 3.52. The molecule has 0 bridgehead atoms. The van der Waals surface area contributed by atoms with Crippen molar-refractivity contribution in [3.05, 3.63) is 41.5 Å². The molecular weight excluding hydrogens is 180 g/mol. The van der Waals surface area contributed by atoms with Crippen molar-refractivity contribution in [2.45, 2.75) is 44.9 Å². The number of hydrogen-bond acceptors (Lipinski definition) is 0. The van der Waals surface area contributed by atoms with Crippen LogP contribution in [0, 0.1) is 0 Å². The Bertz CT molecular complexity index is 376. The third-order valence-corrected chi connectivity index (χ3v) is 3.15. The normalized spacial score (nSPS) is 16.5. The summed E-state index contributed by atoms with van der Waals surface area (Å²) >= 11 is 0. The zero-order chi connectivity index (χ0) is 11.1. The van der Waals surface area contributed by atoms with Gasteiger partial charge in [-0.05, 0) is 40.9 Å². The molecule has 0 heterocycles. The maximum Gasteiger partial charge on any atom is -0.0126 e. The van der Waals surface area contributed by atoms with Crippen LogP contribution >= 0.6 is 0 Å². The lowest BCUT2D eigenvalue weighted by atomic mass is 9.83. The quantitative estimate of drug-likeness (QED) is 0.659. The van der Waals surface area contributed by atoms with Crippen LogP contribution in [0.5, 0.6) is 0 Å². The molecule has 0 amide bonds. The van der Waals surface area contributed by atoms with Gasteiger partial charge in [-0.3, -0.25) is 0 Å². The molecule has 0 aromatic heterocycles. The van der Waals surface area contributed by atoms with E-state index < -0.39 is 0 Å². The van der Waals surface area contributed by atoms with Crippen molar-refractivity contribution in [2.75, 3.05) is 0 Å². The minimum absolute atomic E-state index is 0.214. The van der Waals surface area contributed by atoms with E-state index in [1.54, 1.807) is 0 Å². The van der Waals surface area contributed by atoms with Gasteiger partial charge in [0.25, 0.3) is 0 Å². The highest BCUT2D eigenvalue weighted by molar-refractivity contribution is 5.56. The van der Waals surface area contributed by atoms with Crippen LogP contribution in [0.3, 0.4) is 0 Å². The monoisotopic (exact) mass is 200 g/mol. The lowest BCUT2D eigenvalue weighted by Crippen LogP contribution is -2.13. The van der Waals surface area contributed by atoms with Gasteiger partial charge in [0.2, 0.25) is 0 Å². The SMILES string of the molecule is C=Cc1cc(C2CC2)ccc1C(C)(C)C. The minimum atomic E-state index is 0.214. The van der Waals surface area contributed by atoms with Crippen molar-refractivity contribution in [2.24, 2.45) is 0 Å². The summed E-state index contributed by atoms with van der Waals surface area (Å²) in [5.41, 5.74) is 4.43. The summed E-state index contributed by atoms with van der Waals surface area (Å²) in [5.74, 6) is 0.831. The molecular formula is C15H20. The van der Waals surface area contributed by atoms with E-state index in [1.165, 1.54) is 29.5 Å². The molecule has 0 heteroatoms. The Balaban J connectivity index is 2.43. The third-order valence-electron chi connectivity index (χ3n) is 3.15. The number of rotatable bonds is 2. The molecule has 80 valence electrons. The van der Waals surface area contributed by atoms with Crippen LogP contribution in [-0.2, 0) is 5.41 Å². The zero-order valence-corrected chi connectivity index (χ0v) is 10.0. The molecule has 1 aliphatic carbocycles. The van der Waals surface area contributed by atoms with Crippen LogP contribution in [-0.4, -0.2) is 0 Å². The van der Waals surface area contributed by atoms with Crippen LogP contribution < -0.4 is 0 Å².